The largest absolute Gasteiger partial charge is 0.349 e. The zero-order chi connectivity index (χ0) is 18.7. The van der Waals surface area contributed by atoms with Gasteiger partial charge in [0.05, 0.1) is 10.6 Å². The molecule has 0 fully saturated rings. The van der Waals surface area contributed by atoms with Crippen LogP contribution in [0.4, 0.5) is 5.69 Å². The van der Waals surface area contributed by atoms with Crippen molar-refractivity contribution in [3.63, 3.8) is 0 Å². The smallest absolute Gasteiger partial charge is 0.264 e. The molecule has 138 valence electrons. The number of hydrogen-bond donors (Lipinski definition) is 1. The van der Waals surface area contributed by atoms with Crippen molar-refractivity contribution < 1.29 is 13.2 Å². The lowest BCUT2D eigenvalue weighted by Gasteiger charge is -2.20. The molecule has 1 aliphatic rings. The SMILES string of the molecule is CCC(CC)NC(=O)c1cccc(S(=O)(=O)N2CCc3ccccc32)c1. The van der Waals surface area contributed by atoms with Crippen LogP contribution in [-0.2, 0) is 16.4 Å². The number of carbonyl (C=O) groups excluding carboxylic acids is 1. The van der Waals surface area contributed by atoms with Crippen molar-refractivity contribution in [2.75, 3.05) is 10.8 Å². The van der Waals surface area contributed by atoms with Crippen molar-refractivity contribution in [1.29, 1.82) is 0 Å². The van der Waals surface area contributed by atoms with E-state index in [1.165, 1.54) is 10.4 Å². The van der Waals surface area contributed by atoms with E-state index in [2.05, 4.69) is 5.32 Å². The number of nitrogens with zero attached hydrogens (tertiary/aromatic N) is 1. The first-order valence-corrected chi connectivity index (χ1v) is 10.4. The van der Waals surface area contributed by atoms with Crippen molar-refractivity contribution in [1.82, 2.24) is 5.32 Å². The predicted molar refractivity (Wildman–Crippen MR) is 103 cm³/mol. The van der Waals surface area contributed by atoms with E-state index in [9.17, 15) is 13.2 Å². The number of benzene rings is 2. The van der Waals surface area contributed by atoms with E-state index in [0.717, 1.165) is 24.1 Å². The number of amides is 1. The third-order valence-corrected chi connectivity index (χ3v) is 6.66. The second-order valence-electron chi connectivity index (χ2n) is 6.47. The highest BCUT2D eigenvalue weighted by Crippen LogP contribution is 2.32. The fraction of sp³-hybridized carbons (Fsp3) is 0.350. The van der Waals surface area contributed by atoms with Gasteiger partial charge in [-0.1, -0.05) is 38.1 Å². The summed E-state index contributed by atoms with van der Waals surface area (Å²) in [5.41, 5.74) is 2.11. The van der Waals surface area contributed by atoms with Gasteiger partial charge in [-0.05, 0) is 49.1 Å². The summed E-state index contributed by atoms with van der Waals surface area (Å²) in [6, 6.07) is 13.9. The van der Waals surface area contributed by atoms with Gasteiger partial charge < -0.3 is 5.32 Å². The second kappa shape index (κ2) is 7.50. The lowest BCUT2D eigenvalue weighted by molar-refractivity contribution is 0.0934. The number of rotatable bonds is 6. The Morgan fingerprint density at radius 1 is 1.12 bits per heavy atom. The van der Waals surface area contributed by atoms with E-state index < -0.39 is 10.0 Å². The number of para-hydroxylation sites is 1. The van der Waals surface area contributed by atoms with Gasteiger partial charge in [-0.3, -0.25) is 9.10 Å². The predicted octanol–water partition coefficient (Wildman–Crippen LogP) is 3.36. The molecule has 2 aromatic carbocycles. The molecule has 2 aromatic rings. The van der Waals surface area contributed by atoms with Crippen LogP contribution in [0.5, 0.6) is 0 Å². The third kappa shape index (κ3) is 3.46. The molecule has 1 N–H and O–H groups in total. The van der Waals surface area contributed by atoms with Gasteiger partial charge in [0.15, 0.2) is 0 Å². The van der Waals surface area contributed by atoms with E-state index in [1.807, 2.05) is 38.1 Å². The monoisotopic (exact) mass is 372 g/mol. The van der Waals surface area contributed by atoms with E-state index >= 15 is 0 Å². The number of fused-ring (bicyclic) bond motifs is 1. The van der Waals surface area contributed by atoms with Crippen LogP contribution in [0.1, 0.15) is 42.6 Å². The molecule has 5 nitrogen and oxygen atoms in total. The maximum absolute atomic E-state index is 13.1. The maximum Gasteiger partial charge on any atom is 0.264 e. The first-order chi connectivity index (χ1) is 12.5. The Bertz CT molecular complexity index is 905. The number of anilines is 1. The van der Waals surface area contributed by atoms with E-state index in [4.69, 9.17) is 0 Å². The quantitative estimate of drug-likeness (QED) is 0.845. The van der Waals surface area contributed by atoms with Crippen molar-refractivity contribution in [2.45, 2.75) is 44.0 Å². The fourth-order valence-corrected chi connectivity index (χ4v) is 4.79. The van der Waals surface area contributed by atoms with Gasteiger partial charge in [-0.2, -0.15) is 0 Å². The van der Waals surface area contributed by atoms with Crippen LogP contribution in [0.25, 0.3) is 0 Å². The van der Waals surface area contributed by atoms with E-state index in [-0.39, 0.29) is 16.8 Å². The molecule has 0 aromatic heterocycles. The van der Waals surface area contributed by atoms with Crippen LogP contribution in [-0.4, -0.2) is 26.9 Å². The van der Waals surface area contributed by atoms with Crippen molar-refractivity contribution in [3.8, 4) is 0 Å². The maximum atomic E-state index is 13.1. The first-order valence-electron chi connectivity index (χ1n) is 8.99. The van der Waals surface area contributed by atoms with Crippen LogP contribution in [0, 0.1) is 0 Å². The van der Waals surface area contributed by atoms with Crippen LogP contribution in [0.15, 0.2) is 53.4 Å². The molecule has 26 heavy (non-hydrogen) atoms. The minimum Gasteiger partial charge on any atom is -0.349 e. The highest BCUT2D eigenvalue weighted by molar-refractivity contribution is 7.92. The molecule has 0 aliphatic carbocycles. The zero-order valence-electron chi connectivity index (χ0n) is 15.1. The fourth-order valence-electron chi connectivity index (χ4n) is 3.24. The lowest BCUT2D eigenvalue weighted by atomic mass is 10.1. The molecule has 0 radical (unpaired) electrons. The van der Waals surface area contributed by atoms with Crippen molar-refractivity contribution >= 4 is 21.6 Å². The Balaban J connectivity index is 1.89. The normalized spacial score (nSPS) is 13.7. The van der Waals surface area contributed by atoms with E-state index in [1.54, 1.807) is 18.2 Å². The summed E-state index contributed by atoms with van der Waals surface area (Å²) >= 11 is 0. The molecule has 1 heterocycles. The molecular weight excluding hydrogens is 348 g/mol. The topological polar surface area (TPSA) is 66.5 Å². The molecule has 1 amide bonds. The Kier molecular flexibility index (Phi) is 5.32. The molecule has 0 bridgehead atoms. The number of sulfonamides is 1. The summed E-state index contributed by atoms with van der Waals surface area (Å²) in [6.45, 7) is 4.45. The molecule has 1 aliphatic heterocycles. The Morgan fingerprint density at radius 3 is 2.58 bits per heavy atom. The van der Waals surface area contributed by atoms with Gasteiger partial charge in [0.1, 0.15) is 0 Å². The molecule has 0 saturated heterocycles. The van der Waals surface area contributed by atoms with Gasteiger partial charge in [0.25, 0.3) is 15.9 Å². The minimum absolute atomic E-state index is 0.0909. The van der Waals surface area contributed by atoms with Gasteiger partial charge in [0, 0.05) is 18.2 Å². The minimum atomic E-state index is -3.69. The highest BCUT2D eigenvalue weighted by atomic mass is 32.2. The summed E-state index contributed by atoms with van der Waals surface area (Å²) in [4.78, 5) is 12.6. The first kappa shape index (κ1) is 18.5. The van der Waals surface area contributed by atoms with Crippen molar-refractivity contribution in [2.24, 2.45) is 0 Å². The van der Waals surface area contributed by atoms with Crippen LogP contribution in [0.3, 0.4) is 0 Å². The van der Waals surface area contributed by atoms with Gasteiger partial charge >= 0.3 is 0 Å². The highest BCUT2D eigenvalue weighted by Gasteiger charge is 2.31. The Labute approximate surface area is 155 Å². The summed E-state index contributed by atoms with van der Waals surface area (Å²) < 4.78 is 27.6. The van der Waals surface area contributed by atoms with Gasteiger partial charge in [-0.15, -0.1) is 0 Å². The standard InChI is InChI=1S/C20H24N2O3S/c1-3-17(4-2)21-20(23)16-9-7-10-18(14-16)26(24,25)22-13-12-15-8-5-6-11-19(15)22/h5-11,14,17H,3-4,12-13H2,1-2H3,(H,21,23). The second-order valence-corrected chi connectivity index (χ2v) is 8.33. The van der Waals surface area contributed by atoms with Crippen molar-refractivity contribution in [3.05, 3.63) is 59.7 Å². The number of hydrogen-bond acceptors (Lipinski definition) is 3. The zero-order valence-corrected chi connectivity index (χ0v) is 15.9. The molecule has 0 spiro atoms. The molecule has 0 saturated carbocycles. The Hall–Kier alpha value is -2.34. The lowest BCUT2D eigenvalue weighted by Crippen LogP contribution is -2.34. The number of carbonyl (C=O) groups is 1. The Morgan fingerprint density at radius 2 is 1.85 bits per heavy atom. The average molecular weight is 372 g/mol. The third-order valence-electron chi connectivity index (χ3n) is 4.85. The number of nitrogens with one attached hydrogen (secondary N) is 1. The summed E-state index contributed by atoms with van der Waals surface area (Å²) in [6.07, 6.45) is 2.37. The molecule has 6 heteroatoms. The van der Waals surface area contributed by atoms with Crippen LogP contribution < -0.4 is 9.62 Å². The molecule has 0 unspecified atom stereocenters. The average Bonchev–Trinajstić information content (AvgIpc) is 3.11. The molecule has 0 atom stereocenters. The van der Waals surface area contributed by atoms with Crippen LogP contribution >= 0.6 is 0 Å². The van der Waals surface area contributed by atoms with Gasteiger partial charge in [0.2, 0.25) is 0 Å². The van der Waals surface area contributed by atoms with Gasteiger partial charge in [-0.25, -0.2) is 8.42 Å². The summed E-state index contributed by atoms with van der Waals surface area (Å²) in [7, 11) is -3.69. The molecular formula is C20H24N2O3S. The summed E-state index contributed by atoms with van der Waals surface area (Å²) in [5, 5.41) is 2.95. The van der Waals surface area contributed by atoms with E-state index in [0.29, 0.717) is 18.5 Å². The van der Waals surface area contributed by atoms with Crippen LogP contribution in [0.2, 0.25) is 0 Å². The summed E-state index contributed by atoms with van der Waals surface area (Å²) in [5.74, 6) is -0.238. The molecule has 3 rings (SSSR count).